The van der Waals surface area contributed by atoms with E-state index in [0.29, 0.717) is 36.0 Å². The third kappa shape index (κ3) is 4.43. The lowest BCUT2D eigenvalue weighted by Crippen LogP contribution is -2.30. The molecule has 2 heterocycles. The third-order valence-electron chi connectivity index (χ3n) is 6.21. The maximum Gasteiger partial charge on any atom is 0.417 e. The van der Waals surface area contributed by atoms with Gasteiger partial charge >= 0.3 is 12.4 Å². The van der Waals surface area contributed by atoms with Crippen molar-refractivity contribution in [1.29, 1.82) is 0 Å². The van der Waals surface area contributed by atoms with Gasteiger partial charge in [-0.25, -0.2) is 4.98 Å². The number of carbonyl (C=O) groups excluding carboxylic acids is 1. The van der Waals surface area contributed by atoms with Crippen LogP contribution in [0.2, 0.25) is 0 Å². The minimum atomic E-state index is -4.52. The molecule has 0 spiro atoms. The first kappa shape index (κ1) is 23.9. The summed E-state index contributed by atoms with van der Waals surface area (Å²) < 4.78 is 84.8. The topological polar surface area (TPSA) is 46.3 Å². The number of hydrogen-bond donors (Lipinski definition) is 0. The van der Waals surface area contributed by atoms with E-state index in [1.165, 1.54) is 41.3 Å². The summed E-state index contributed by atoms with van der Waals surface area (Å²) in [6.45, 7) is 0.369. The number of alkyl halides is 6. The van der Waals surface area contributed by atoms with Crippen LogP contribution in [-0.4, -0.2) is 22.3 Å². The molecule has 0 N–H and O–H groups in total. The standard InChI is InChI=1S/C26H18F6N2O2/c27-25(28,29)17-10-7-15(8-11-17)24(35)34-13-3-6-21(34)23-33-20-14-16(9-12-22(20)36-23)18-4-1-2-5-19(18)26(30,31)32/h1-2,4-5,7-12,14,21H,3,6,13H2. The van der Waals surface area contributed by atoms with Crippen molar-refractivity contribution >= 4 is 17.0 Å². The van der Waals surface area contributed by atoms with E-state index >= 15 is 0 Å². The van der Waals surface area contributed by atoms with E-state index in [4.69, 9.17) is 4.42 Å². The van der Waals surface area contributed by atoms with Crippen LogP contribution in [0.1, 0.15) is 46.3 Å². The van der Waals surface area contributed by atoms with Gasteiger partial charge in [0.05, 0.1) is 11.1 Å². The molecule has 1 amide bonds. The van der Waals surface area contributed by atoms with Gasteiger partial charge in [0.1, 0.15) is 11.6 Å². The van der Waals surface area contributed by atoms with Gasteiger partial charge in [-0.3, -0.25) is 4.79 Å². The molecule has 186 valence electrons. The Morgan fingerprint density at radius 1 is 0.917 bits per heavy atom. The number of aromatic nitrogens is 1. The molecule has 0 saturated carbocycles. The van der Waals surface area contributed by atoms with Crippen LogP contribution in [0.3, 0.4) is 0 Å². The summed E-state index contributed by atoms with van der Waals surface area (Å²) in [4.78, 5) is 19.0. The van der Waals surface area contributed by atoms with E-state index in [-0.39, 0.29) is 17.0 Å². The number of amides is 1. The molecule has 36 heavy (non-hydrogen) atoms. The molecule has 1 unspecified atom stereocenters. The maximum atomic E-state index is 13.5. The van der Waals surface area contributed by atoms with Crippen LogP contribution >= 0.6 is 0 Å². The molecular formula is C26H18F6N2O2. The molecule has 1 fully saturated rings. The van der Waals surface area contributed by atoms with E-state index in [0.717, 1.165) is 30.3 Å². The van der Waals surface area contributed by atoms with Crippen LogP contribution in [0, 0.1) is 0 Å². The Balaban J connectivity index is 1.44. The molecule has 5 rings (SSSR count). The number of fused-ring (bicyclic) bond motifs is 1. The number of oxazole rings is 1. The molecule has 10 heteroatoms. The van der Waals surface area contributed by atoms with Crippen molar-refractivity contribution < 1.29 is 35.6 Å². The van der Waals surface area contributed by atoms with Gasteiger partial charge in [-0.05, 0) is 66.4 Å². The average molecular weight is 504 g/mol. The second-order valence-electron chi connectivity index (χ2n) is 8.51. The summed E-state index contributed by atoms with van der Waals surface area (Å²) in [6, 6.07) is 13.2. The second kappa shape index (κ2) is 8.69. The average Bonchev–Trinajstić information content (AvgIpc) is 3.49. The highest BCUT2D eigenvalue weighted by Gasteiger charge is 2.36. The fraction of sp³-hybridized carbons (Fsp3) is 0.231. The molecule has 0 aliphatic carbocycles. The van der Waals surface area contributed by atoms with E-state index in [2.05, 4.69) is 4.98 Å². The Morgan fingerprint density at radius 3 is 2.33 bits per heavy atom. The van der Waals surface area contributed by atoms with Crippen molar-refractivity contribution in [3.8, 4) is 11.1 Å². The highest BCUT2D eigenvalue weighted by molar-refractivity contribution is 5.94. The first-order valence-electron chi connectivity index (χ1n) is 11.1. The minimum absolute atomic E-state index is 0.0106. The number of carbonyl (C=O) groups is 1. The van der Waals surface area contributed by atoms with Gasteiger partial charge in [0.2, 0.25) is 5.89 Å². The molecule has 4 nitrogen and oxygen atoms in total. The van der Waals surface area contributed by atoms with Gasteiger partial charge in [-0.1, -0.05) is 24.3 Å². The SMILES string of the molecule is O=C(c1ccc(C(F)(F)F)cc1)N1CCCC1c1nc2cc(-c3ccccc3C(F)(F)F)ccc2o1. The van der Waals surface area contributed by atoms with Crippen LogP contribution < -0.4 is 0 Å². The van der Waals surface area contributed by atoms with Crippen molar-refractivity contribution in [1.82, 2.24) is 9.88 Å². The monoisotopic (exact) mass is 504 g/mol. The van der Waals surface area contributed by atoms with Crippen molar-refractivity contribution in [2.24, 2.45) is 0 Å². The Hall–Kier alpha value is -3.82. The van der Waals surface area contributed by atoms with E-state index in [1.807, 2.05) is 0 Å². The molecule has 0 bridgehead atoms. The normalized spacial score (nSPS) is 16.6. The third-order valence-corrected chi connectivity index (χ3v) is 6.21. The fourth-order valence-corrected chi connectivity index (χ4v) is 4.47. The predicted molar refractivity (Wildman–Crippen MR) is 119 cm³/mol. The highest BCUT2D eigenvalue weighted by Crippen LogP contribution is 2.39. The maximum absolute atomic E-state index is 13.5. The quantitative estimate of drug-likeness (QED) is 0.271. The lowest BCUT2D eigenvalue weighted by molar-refractivity contribution is -0.138. The molecule has 1 aliphatic rings. The molecule has 1 atom stereocenters. The molecule has 1 aliphatic heterocycles. The van der Waals surface area contributed by atoms with E-state index in [1.54, 1.807) is 0 Å². The van der Waals surface area contributed by atoms with E-state index in [9.17, 15) is 31.1 Å². The zero-order valence-electron chi connectivity index (χ0n) is 18.5. The number of likely N-dealkylation sites (tertiary alicyclic amines) is 1. The van der Waals surface area contributed by atoms with Crippen LogP contribution in [0.4, 0.5) is 26.3 Å². The number of benzene rings is 3. The summed E-state index contributed by atoms with van der Waals surface area (Å²) >= 11 is 0. The minimum Gasteiger partial charge on any atom is -0.438 e. The zero-order chi connectivity index (χ0) is 25.7. The Kier molecular flexibility index (Phi) is 5.77. The van der Waals surface area contributed by atoms with Crippen molar-refractivity contribution in [2.75, 3.05) is 6.54 Å². The van der Waals surface area contributed by atoms with Gasteiger partial charge in [0, 0.05) is 12.1 Å². The van der Waals surface area contributed by atoms with Crippen molar-refractivity contribution in [3.05, 3.63) is 89.3 Å². The van der Waals surface area contributed by atoms with Crippen molar-refractivity contribution in [3.63, 3.8) is 0 Å². The number of hydrogen-bond acceptors (Lipinski definition) is 3. The fourth-order valence-electron chi connectivity index (χ4n) is 4.47. The highest BCUT2D eigenvalue weighted by atomic mass is 19.4. The molecule has 0 radical (unpaired) electrons. The van der Waals surface area contributed by atoms with Gasteiger partial charge in [-0.15, -0.1) is 0 Å². The molecule has 1 aromatic heterocycles. The largest absolute Gasteiger partial charge is 0.438 e. The van der Waals surface area contributed by atoms with E-state index < -0.39 is 35.4 Å². The number of nitrogens with zero attached hydrogens (tertiary/aromatic N) is 2. The first-order chi connectivity index (χ1) is 17.0. The second-order valence-corrected chi connectivity index (χ2v) is 8.51. The molecule has 4 aromatic rings. The first-order valence-corrected chi connectivity index (χ1v) is 11.1. The summed E-state index contributed by atoms with van der Waals surface area (Å²) in [5, 5.41) is 0. The van der Waals surface area contributed by atoms with Crippen molar-refractivity contribution in [2.45, 2.75) is 31.2 Å². The Labute approximate surface area is 201 Å². The van der Waals surface area contributed by atoms with Crippen LogP contribution in [0.5, 0.6) is 0 Å². The molecule has 1 saturated heterocycles. The summed E-state index contributed by atoms with van der Waals surface area (Å²) in [5.41, 5.74) is -0.482. The van der Waals surface area contributed by atoms with Gasteiger partial charge < -0.3 is 9.32 Å². The zero-order valence-corrected chi connectivity index (χ0v) is 18.5. The number of halogens is 6. The lowest BCUT2D eigenvalue weighted by Gasteiger charge is -2.22. The molecule has 3 aromatic carbocycles. The van der Waals surface area contributed by atoms with Gasteiger partial charge in [0.25, 0.3) is 5.91 Å². The Morgan fingerprint density at radius 2 is 1.64 bits per heavy atom. The predicted octanol–water partition coefficient (Wildman–Crippen LogP) is 7.51. The summed E-state index contributed by atoms with van der Waals surface area (Å²) in [5.74, 6) is -0.225. The molecular weight excluding hydrogens is 486 g/mol. The van der Waals surface area contributed by atoms with Gasteiger partial charge in [-0.2, -0.15) is 26.3 Å². The smallest absolute Gasteiger partial charge is 0.417 e. The Bertz CT molecular complexity index is 1420. The van der Waals surface area contributed by atoms with Crippen LogP contribution in [0.25, 0.3) is 22.2 Å². The summed E-state index contributed by atoms with van der Waals surface area (Å²) in [7, 11) is 0. The van der Waals surface area contributed by atoms with Crippen LogP contribution in [0.15, 0.2) is 71.1 Å². The number of rotatable bonds is 3. The lowest BCUT2D eigenvalue weighted by atomic mass is 9.99. The summed E-state index contributed by atoms with van der Waals surface area (Å²) in [6.07, 6.45) is -7.86. The van der Waals surface area contributed by atoms with Gasteiger partial charge in [0.15, 0.2) is 5.58 Å². The van der Waals surface area contributed by atoms with Crippen LogP contribution in [-0.2, 0) is 12.4 Å².